The fourth-order valence-corrected chi connectivity index (χ4v) is 5.34. The van der Waals surface area contributed by atoms with Gasteiger partial charge in [0, 0.05) is 18.4 Å². The summed E-state index contributed by atoms with van der Waals surface area (Å²) < 4.78 is 0. The number of nitrogens with zero attached hydrogens (tertiary/aromatic N) is 2. The monoisotopic (exact) mass is 524 g/mol. The molecular weight excluding hydrogens is 488 g/mol. The molecule has 0 aliphatic carbocycles. The standard InChI is InChI=1S/C28H36N4O4S/c1-20(21-12-7-5-8-13-21)24(35)30-26-31-32(25(36)27(2,3)4)28(37-26,22-14-9-6-10-15-22)17-11-16-23(34)29-18-19-33/h5-10,12-15,20,33H,11,16-19H2,1-4H3,(H,29,34)(H,30,31,35). The van der Waals surface area contributed by atoms with Crippen molar-refractivity contribution in [2.75, 3.05) is 13.2 Å². The molecule has 0 radical (unpaired) electrons. The lowest BCUT2D eigenvalue weighted by Gasteiger charge is -2.38. The topological polar surface area (TPSA) is 111 Å². The predicted octanol–water partition coefficient (Wildman–Crippen LogP) is 3.93. The van der Waals surface area contributed by atoms with Crippen LogP contribution in [0.25, 0.3) is 0 Å². The molecular formula is C28H36N4O4S. The zero-order chi connectivity index (χ0) is 27.1. The van der Waals surface area contributed by atoms with Gasteiger partial charge in [0.05, 0.1) is 12.5 Å². The number of aliphatic hydroxyl groups is 1. The predicted molar refractivity (Wildman–Crippen MR) is 146 cm³/mol. The average molecular weight is 525 g/mol. The van der Waals surface area contributed by atoms with E-state index in [4.69, 9.17) is 5.11 Å². The molecule has 2 aromatic rings. The van der Waals surface area contributed by atoms with Crippen LogP contribution < -0.4 is 10.6 Å². The van der Waals surface area contributed by atoms with Crippen LogP contribution in [-0.4, -0.2) is 46.2 Å². The highest BCUT2D eigenvalue weighted by Gasteiger charge is 2.50. The largest absolute Gasteiger partial charge is 0.395 e. The van der Waals surface area contributed by atoms with E-state index >= 15 is 0 Å². The molecule has 0 fully saturated rings. The van der Waals surface area contributed by atoms with E-state index in [2.05, 4.69) is 15.7 Å². The number of carbonyl (C=O) groups is 3. The summed E-state index contributed by atoms with van der Waals surface area (Å²) in [6.07, 6.45) is 1.15. The first-order valence-electron chi connectivity index (χ1n) is 12.5. The number of hydrogen-bond donors (Lipinski definition) is 3. The molecule has 3 N–H and O–H groups in total. The van der Waals surface area contributed by atoms with E-state index in [1.165, 1.54) is 16.8 Å². The highest BCUT2D eigenvalue weighted by atomic mass is 32.2. The summed E-state index contributed by atoms with van der Waals surface area (Å²) in [6.45, 7) is 7.41. The third-order valence-corrected chi connectivity index (χ3v) is 7.46. The van der Waals surface area contributed by atoms with Crippen molar-refractivity contribution in [3.63, 3.8) is 0 Å². The molecule has 9 heteroatoms. The number of hydrazone groups is 1. The molecule has 0 saturated carbocycles. The van der Waals surface area contributed by atoms with Crippen LogP contribution in [0.5, 0.6) is 0 Å². The number of hydrogen-bond acceptors (Lipinski definition) is 6. The van der Waals surface area contributed by atoms with Gasteiger partial charge in [-0.05, 0) is 30.9 Å². The van der Waals surface area contributed by atoms with Crippen LogP contribution in [-0.2, 0) is 19.3 Å². The van der Waals surface area contributed by atoms with Crippen molar-refractivity contribution in [3.8, 4) is 0 Å². The van der Waals surface area contributed by atoms with Crippen LogP contribution in [0.1, 0.15) is 64.0 Å². The lowest BCUT2D eigenvalue weighted by atomic mass is 9.92. The molecule has 0 aromatic heterocycles. The van der Waals surface area contributed by atoms with Gasteiger partial charge in [0.2, 0.25) is 17.7 Å². The van der Waals surface area contributed by atoms with Gasteiger partial charge in [0.1, 0.15) is 4.87 Å². The maximum absolute atomic E-state index is 13.7. The van der Waals surface area contributed by atoms with Gasteiger partial charge in [-0.15, -0.1) is 5.10 Å². The van der Waals surface area contributed by atoms with Crippen LogP contribution in [0.2, 0.25) is 0 Å². The molecule has 2 aromatic carbocycles. The molecule has 1 heterocycles. The van der Waals surface area contributed by atoms with E-state index in [9.17, 15) is 14.4 Å². The molecule has 198 valence electrons. The van der Waals surface area contributed by atoms with Gasteiger partial charge < -0.3 is 15.7 Å². The van der Waals surface area contributed by atoms with Crippen molar-refractivity contribution in [1.29, 1.82) is 0 Å². The number of benzene rings is 2. The Hall–Kier alpha value is -3.17. The second kappa shape index (κ2) is 12.4. The summed E-state index contributed by atoms with van der Waals surface area (Å²) in [5.41, 5.74) is 1.02. The Labute approximate surface area is 222 Å². The molecule has 0 bridgehead atoms. The van der Waals surface area contributed by atoms with Crippen molar-refractivity contribution in [2.45, 2.75) is 57.7 Å². The quantitative estimate of drug-likeness (QED) is 0.460. The molecule has 1 aliphatic heterocycles. The Morgan fingerprint density at radius 3 is 2.27 bits per heavy atom. The minimum atomic E-state index is -0.929. The van der Waals surface area contributed by atoms with Crippen molar-refractivity contribution < 1.29 is 19.5 Å². The first-order valence-corrected chi connectivity index (χ1v) is 13.3. The highest BCUT2D eigenvalue weighted by molar-refractivity contribution is 8.14. The zero-order valence-electron chi connectivity index (χ0n) is 21.9. The van der Waals surface area contributed by atoms with E-state index in [1.807, 2.05) is 88.4 Å². The summed E-state index contributed by atoms with van der Waals surface area (Å²) in [5, 5.41) is 21.1. The first-order chi connectivity index (χ1) is 17.6. The molecule has 37 heavy (non-hydrogen) atoms. The minimum absolute atomic E-state index is 0.123. The second-order valence-corrected chi connectivity index (χ2v) is 11.3. The molecule has 0 saturated heterocycles. The summed E-state index contributed by atoms with van der Waals surface area (Å²) in [7, 11) is 0. The van der Waals surface area contributed by atoms with Gasteiger partial charge in [-0.1, -0.05) is 93.2 Å². The van der Waals surface area contributed by atoms with E-state index in [-0.39, 0.29) is 37.3 Å². The molecule has 3 rings (SSSR count). The van der Waals surface area contributed by atoms with Crippen molar-refractivity contribution in [1.82, 2.24) is 15.6 Å². The van der Waals surface area contributed by atoms with Crippen molar-refractivity contribution in [3.05, 3.63) is 71.8 Å². The van der Waals surface area contributed by atoms with Gasteiger partial charge in [0.25, 0.3) is 0 Å². The van der Waals surface area contributed by atoms with Crippen molar-refractivity contribution >= 4 is 34.7 Å². The third kappa shape index (κ3) is 6.99. The number of carbonyl (C=O) groups excluding carboxylic acids is 3. The Balaban J connectivity index is 1.91. The Morgan fingerprint density at radius 1 is 1.05 bits per heavy atom. The molecule has 8 nitrogen and oxygen atoms in total. The Morgan fingerprint density at radius 2 is 1.68 bits per heavy atom. The van der Waals surface area contributed by atoms with E-state index < -0.39 is 16.2 Å². The number of rotatable bonds is 9. The van der Waals surface area contributed by atoms with Gasteiger partial charge in [-0.3, -0.25) is 14.4 Å². The lowest BCUT2D eigenvalue weighted by molar-refractivity contribution is -0.143. The van der Waals surface area contributed by atoms with Crippen molar-refractivity contribution in [2.24, 2.45) is 10.5 Å². The fourth-order valence-electron chi connectivity index (χ4n) is 4.03. The SMILES string of the molecule is CC(C(=O)NC1=NN(C(=O)C(C)(C)C)C(CCCC(=O)NCCO)(c2ccccc2)S1)c1ccccc1. The van der Waals surface area contributed by atoms with Gasteiger partial charge in [0.15, 0.2) is 5.17 Å². The number of amidine groups is 1. The highest BCUT2D eigenvalue weighted by Crippen LogP contribution is 2.50. The normalized spacial score (nSPS) is 18.2. The first kappa shape index (κ1) is 28.4. The van der Waals surface area contributed by atoms with Crippen LogP contribution >= 0.6 is 11.8 Å². The minimum Gasteiger partial charge on any atom is -0.395 e. The summed E-state index contributed by atoms with van der Waals surface area (Å²) in [4.78, 5) is 38.1. The number of aliphatic hydroxyl groups excluding tert-OH is 1. The summed E-state index contributed by atoms with van der Waals surface area (Å²) in [5.74, 6) is -0.972. The third-order valence-electron chi connectivity index (χ3n) is 6.13. The summed E-state index contributed by atoms with van der Waals surface area (Å²) in [6, 6.07) is 19.1. The molecule has 0 spiro atoms. The smallest absolute Gasteiger partial charge is 0.249 e. The zero-order valence-corrected chi connectivity index (χ0v) is 22.7. The molecule has 3 amide bonds. The molecule has 2 unspecified atom stereocenters. The number of thioether (sulfide) groups is 1. The van der Waals surface area contributed by atoms with E-state index in [0.29, 0.717) is 18.0 Å². The average Bonchev–Trinajstić information content (AvgIpc) is 3.25. The van der Waals surface area contributed by atoms with E-state index in [0.717, 1.165) is 11.1 Å². The Kier molecular flexibility index (Phi) is 9.50. The molecule has 2 atom stereocenters. The molecule has 1 aliphatic rings. The van der Waals surface area contributed by atoms with Crippen LogP contribution in [0.3, 0.4) is 0 Å². The number of nitrogens with one attached hydrogen (secondary N) is 2. The van der Waals surface area contributed by atoms with E-state index in [1.54, 1.807) is 0 Å². The maximum Gasteiger partial charge on any atom is 0.249 e. The lowest BCUT2D eigenvalue weighted by Crippen LogP contribution is -2.46. The fraction of sp³-hybridized carbons (Fsp3) is 0.429. The second-order valence-electron chi connectivity index (χ2n) is 10.1. The van der Waals surface area contributed by atoms with Crippen LogP contribution in [0.4, 0.5) is 0 Å². The van der Waals surface area contributed by atoms with Gasteiger partial charge >= 0.3 is 0 Å². The van der Waals surface area contributed by atoms with Gasteiger partial charge in [-0.25, -0.2) is 5.01 Å². The maximum atomic E-state index is 13.7. The van der Waals surface area contributed by atoms with Gasteiger partial charge in [-0.2, -0.15) is 0 Å². The number of amides is 3. The summed E-state index contributed by atoms with van der Waals surface area (Å²) >= 11 is 1.33. The van der Waals surface area contributed by atoms with Crippen LogP contribution in [0, 0.1) is 5.41 Å². The van der Waals surface area contributed by atoms with Crippen LogP contribution in [0.15, 0.2) is 65.8 Å². The Bertz CT molecular complexity index is 1120.